The first kappa shape index (κ1) is 13.2. The van der Waals surface area contributed by atoms with E-state index in [2.05, 4.69) is 15.8 Å². The van der Waals surface area contributed by atoms with Crippen molar-refractivity contribution in [2.45, 2.75) is 6.92 Å². The topological polar surface area (TPSA) is 36.4 Å². The Bertz CT molecular complexity index is 564. The number of para-hydroxylation sites is 1. The summed E-state index contributed by atoms with van der Waals surface area (Å²) >= 11 is 5.18. The highest BCUT2D eigenvalue weighted by atomic mass is 32.1. The maximum atomic E-state index is 5.18. The number of rotatable bonds is 3. The lowest BCUT2D eigenvalue weighted by Crippen LogP contribution is -2.24. The number of nitrogens with zero attached hydrogens (tertiary/aromatic N) is 1. The molecular weight excluding hydrogens is 254 g/mol. The minimum Gasteiger partial charge on any atom is -0.331 e. The molecule has 2 rings (SSSR count). The number of thiocarbonyl (C=S) groups is 1. The average molecular weight is 269 g/mol. The van der Waals surface area contributed by atoms with Gasteiger partial charge in [-0.3, -0.25) is 5.43 Å². The SMILES string of the molecule is CC(=NNC(=S)Nc1ccccc1)c1ccccc1. The van der Waals surface area contributed by atoms with Crippen LogP contribution in [0.3, 0.4) is 0 Å². The van der Waals surface area contributed by atoms with E-state index in [0.29, 0.717) is 5.11 Å². The van der Waals surface area contributed by atoms with E-state index in [-0.39, 0.29) is 0 Å². The molecule has 4 heteroatoms. The predicted octanol–water partition coefficient (Wildman–Crippen LogP) is 3.40. The van der Waals surface area contributed by atoms with Crippen molar-refractivity contribution in [1.29, 1.82) is 0 Å². The molecule has 2 aromatic carbocycles. The van der Waals surface area contributed by atoms with Crippen molar-refractivity contribution in [1.82, 2.24) is 5.43 Å². The molecular formula is C15H15N3S. The van der Waals surface area contributed by atoms with E-state index in [4.69, 9.17) is 12.2 Å². The molecule has 0 saturated heterocycles. The first-order valence-corrected chi connectivity index (χ1v) is 6.38. The highest BCUT2D eigenvalue weighted by Crippen LogP contribution is 2.04. The van der Waals surface area contributed by atoms with Gasteiger partial charge < -0.3 is 5.32 Å². The van der Waals surface area contributed by atoms with Crippen molar-refractivity contribution < 1.29 is 0 Å². The summed E-state index contributed by atoms with van der Waals surface area (Å²) < 4.78 is 0. The summed E-state index contributed by atoms with van der Waals surface area (Å²) in [4.78, 5) is 0. The Balaban J connectivity index is 1.93. The van der Waals surface area contributed by atoms with Gasteiger partial charge in [-0.05, 0) is 36.8 Å². The van der Waals surface area contributed by atoms with Crippen molar-refractivity contribution in [3.05, 3.63) is 66.2 Å². The van der Waals surface area contributed by atoms with E-state index in [0.717, 1.165) is 17.0 Å². The Morgan fingerprint density at radius 3 is 2.16 bits per heavy atom. The molecule has 0 aliphatic heterocycles. The fourth-order valence-corrected chi connectivity index (χ4v) is 1.72. The van der Waals surface area contributed by atoms with Crippen LogP contribution in [0.4, 0.5) is 5.69 Å². The molecule has 0 saturated carbocycles. The van der Waals surface area contributed by atoms with Gasteiger partial charge in [0.15, 0.2) is 5.11 Å². The fourth-order valence-electron chi connectivity index (χ4n) is 1.56. The Morgan fingerprint density at radius 1 is 0.947 bits per heavy atom. The number of anilines is 1. The summed E-state index contributed by atoms with van der Waals surface area (Å²) in [5.74, 6) is 0. The van der Waals surface area contributed by atoms with Gasteiger partial charge >= 0.3 is 0 Å². The maximum Gasteiger partial charge on any atom is 0.191 e. The van der Waals surface area contributed by atoms with Crippen molar-refractivity contribution in [3.63, 3.8) is 0 Å². The van der Waals surface area contributed by atoms with Crippen LogP contribution in [0.1, 0.15) is 12.5 Å². The molecule has 96 valence electrons. The quantitative estimate of drug-likeness (QED) is 0.509. The third-order valence-corrected chi connectivity index (χ3v) is 2.74. The Labute approximate surface area is 118 Å². The zero-order valence-corrected chi connectivity index (χ0v) is 11.4. The zero-order valence-electron chi connectivity index (χ0n) is 10.6. The largest absolute Gasteiger partial charge is 0.331 e. The number of hydrogen-bond donors (Lipinski definition) is 2. The Morgan fingerprint density at radius 2 is 1.53 bits per heavy atom. The second kappa shape index (κ2) is 6.66. The summed E-state index contributed by atoms with van der Waals surface area (Å²) in [7, 11) is 0. The minimum absolute atomic E-state index is 0.474. The number of nitrogens with one attached hydrogen (secondary N) is 2. The van der Waals surface area contributed by atoms with E-state index in [9.17, 15) is 0 Å². The maximum absolute atomic E-state index is 5.18. The van der Waals surface area contributed by atoms with Gasteiger partial charge in [0.05, 0.1) is 5.71 Å². The molecule has 0 aromatic heterocycles. The summed E-state index contributed by atoms with van der Waals surface area (Å²) in [6.45, 7) is 1.94. The Kier molecular flexibility index (Phi) is 4.64. The second-order valence-corrected chi connectivity index (χ2v) is 4.40. The van der Waals surface area contributed by atoms with E-state index in [1.165, 1.54) is 0 Å². The lowest BCUT2D eigenvalue weighted by molar-refractivity contribution is 1.04. The van der Waals surface area contributed by atoms with Gasteiger partial charge in [-0.25, -0.2) is 0 Å². The van der Waals surface area contributed by atoms with E-state index in [1.807, 2.05) is 67.6 Å². The lowest BCUT2D eigenvalue weighted by atomic mass is 10.1. The molecule has 2 N–H and O–H groups in total. The smallest absolute Gasteiger partial charge is 0.191 e. The summed E-state index contributed by atoms with van der Waals surface area (Å²) in [5, 5.41) is 7.79. The molecule has 0 unspecified atom stereocenters. The van der Waals surface area contributed by atoms with E-state index in [1.54, 1.807) is 0 Å². The predicted molar refractivity (Wildman–Crippen MR) is 84.5 cm³/mol. The van der Waals surface area contributed by atoms with Crippen LogP contribution in [0.25, 0.3) is 0 Å². The van der Waals surface area contributed by atoms with Crippen LogP contribution in [0.15, 0.2) is 65.8 Å². The monoisotopic (exact) mass is 269 g/mol. The molecule has 19 heavy (non-hydrogen) atoms. The highest BCUT2D eigenvalue weighted by Gasteiger charge is 1.97. The molecule has 0 amide bonds. The number of hydrazone groups is 1. The van der Waals surface area contributed by atoms with Crippen molar-refractivity contribution >= 4 is 28.7 Å². The first-order valence-electron chi connectivity index (χ1n) is 5.97. The number of hydrogen-bond acceptors (Lipinski definition) is 2. The van der Waals surface area contributed by atoms with Gasteiger partial charge in [-0.1, -0.05) is 48.5 Å². The van der Waals surface area contributed by atoms with Crippen LogP contribution in [0, 0.1) is 0 Å². The summed E-state index contributed by atoms with van der Waals surface area (Å²) in [5.41, 5.74) is 5.73. The molecule has 0 radical (unpaired) electrons. The minimum atomic E-state index is 0.474. The van der Waals surface area contributed by atoms with Gasteiger partial charge in [0.1, 0.15) is 0 Å². The molecule has 3 nitrogen and oxygen atoms in total. The molecule has 0 bridgehead atoms. The van der Waals surface area contributed by atoms with Crippen LogP contribution >= 0.6 is 12.2 Å². The van der Waals surface area contributed by atoms with Crippen LogP contribution in [0.5, 0.6) is 0 Å². The van der Waals surface area contributed by atoms with E-state index >= 15 is 0 Å². The summed E-state index contributed by atoms with van der Waals surface area (Å²) in [6.07, 6.45) is 0. The van der Waals surface area contributed by atoms with Gasteiger partial charge in [-0.2, -0.15) is 5.10 Å². The van der Waals surface area contributed by atoms with Crippen LogP contribution < -0.4 is 10.7 Å². The third kappa shape index (κ3) is 4.19. The van der Waals surface area contributed by atoms with Crippen LogP contribution in [-0.4, -0.2) is 10.8 Å². The van der Waals surface area contributed by atoms with E-state index < -0.39 is 0 Å². The van der Waals surface area contributed by atoms with Gasteiger partial charge in [0.25, 0.3) is 0 Å². The normalized spacial score (nSPS) is 10.9. The molecule has 0 spiro atoms. The molecule has 0 fully saturated rings. The standard InChI is InChI=1S/C15H15N3S/c1-12(13-8-4-2-5-9-13)17-18-15(19)16-14-10-6-3-7-11-14/h2-11H,1H3,(H2,16,18,19). The lowest BCUT2D eigenvalue weighted by Gasteiger charge is -2.07. The zero-order chi connectivity index (χ0) is 13.5. The van der Waals surface area contributed by atoms with Gasteiger partial charge in [0, 0.05) is 5.69 Å². The molecule has 0 heterocycles. The van der Waals surface area contributed by atoms with Crippen molar-refractivity contribution in [3.8, 4) is 0 Å². The highest BCUT2D eigenvalue weighted by molar-refractivity contribution is 7.80. The summed E-state index contributed by atoms with van der Waals surface area (Å²) in [6, 6.07) is 19.7. The molecule has 0 aliphatic rings. The number of benzene rings is 2. The first-order chi connectivity index (χ1) is 9.25. The van der Waals surface area contributed by atoms with Gasteiger partial charge in [0.2, 0.25) is 0 Å². The van der Waals surface area contributed by atoms with Crippen molar-refractivity contribution in [2.75, 3.05) is 5.32 Å². The third-order valence-electron chi connectivity index (χ3n) is 2.55. The average Bonchev–Trinajstić information content (AvgIpc) is 2.47. The Hall–Kier alpha value is -2.20. The molecule has 2 aromatic rings. The molecule has 0 aliphatic carbocycles. The van der Waals surface area contributed by atoms with Gasteiger partial charge in [-0.15, -0.1) is 0 Å². The van der Waals surface area contributed by atoms with Crippen LogP contribution in [-0.2, 0) is 0 Å². The van der Waals surface area contributed by atoms with Crippen molar-refractivity contribution in [2.24, 2.45) is 5.10 Å². The fraction of sp³-hybridized carbons (Fsp3) is 0.0667. The van der Waals surface area contributed by atoms with Crippen LogP contribution in [0.2, 0.25) is 0 Å². The second-order valence-electron chi connectivity index (χ2n) is 4.00. The molecule has 0 atom stereocenters.